The van der Waals surface area contributed by atoms with E-state index in [0.717, 1.165) is 9.24 Å². The van der Waals surface area contributed by atoms with Gasteiger partial charge >= 0.3 is 0 Å². The second-order valence-electron chi connectivity index (χ2n) is 2.89. The number of para-hydroxylation sites is 1. The molecule has 0 radical (unpaired) electrons. The van der Waals surface area contributed by atoms with Crippen molar-refractivity contribution in [3.8, 4) is 0 Å². The molecule has 1 amide bonds. The lowest BCUT2D eigenvalue weighted by Gasteiger charge is -2.06. The first-order valence-electron chi connectivity index (χ1n) is 4.31. The molecule has 16 heavy (non-hydrogen) atoms. The zero-order valence-electron chi connectivity index (χ0n) is 8.08. The molecule has 1 aromatic heterocycles. The smallest absolute Gasteiger partial charge is 0.250 e. The maximum absolute atomic E-state index is 11.1. The van der Waals surface area contributed by atoms with Gasteiger partial charge < -0.3 is 11.5 Å². The number of rotatable bonds is 3. The standard InChI is InChI=1S/C9H8N4OS2/c10-7-5(8(11)14)2-1-3-6(7)15-9-12-4-13-16-9/h1-4H,10H2,(H2,11,14). The number of nitrogens with two attached hydrogens (primary N) is 2. The van der Waals surface area contributed by atoms with Crippen LogP contribution in [-0.2, 0) is 0 Å². The molecule has 0 unspecified atom stereocenters. The maximum Gasteiger partial charge on any atom is 0.250 e. The molecule has 0 atom stereocenters. The van der Waals surface area contributed by atoms with Crippen molar-refractivity contribution in [1.29, 1.82) is 0 Å². The second kappa shape index (κ2) is 4.50. The van der Waals surface area contributed by atoms with Gasteiger partial charge in [-0.15, -0.1) is 0 Å². The van der Waals surface area contributed by atoms with Crippen LogP contribution in [0.1, 0.15) is 10.4 Å². The molecule has 7 heteroatoms. The molecular weight excluding hydrogens is 244 g/mol. The third kappa shape index (κ3) is 2.15. The minimum Gasteiger partial charge on any atom is -0.397 e. The number of aromatic nitrogens is 2. The third-order valence-corrected chi connectivity index (χ3v) is 3.66. The van der Waals surface area contributed by atoms with Gasteiger partial charge in [-0.3, -0.25) is 4.79 Å². The molecule has 0 aliphatic rings. The van der Waals surface area contributed by atoms with E-state index in [1.165, 1.54) is 29.6 Å². The van der Waals surface area contributed by atoms with Crippen molar-refractivity contribution >= 4 is 34.9 Å². The van der Waals surface area contributed by atoms with E-state index in [2.05, 4.69) is 9.36 Å². The Kier molecular flexibility index (Phi) is 3.07. The van der Waals surface area contributed by atoms with Gasteiger partial charge in [0.25, 0.3) is 5.91 Å². The summed E-state index contributed by atoms with van der Waals surface area (Å²) in [4.78, 5) is 15.9. The summed E-state index contributed by atoms with van der Waals surface area (Å²) in [6.45, 7) is 0. The zero-order valence-corrected chi connectivity index (χ0v) is 9.72. The Hall–Kier alpha value is -1.60. The van der Waals surface area contributed by atoms with E-state index in [-0.39, 0.29) is 0 Å². The molecule has 4 N–H and O–H groups in total. The molecule has 0 bridgehead atoms. The Morgan fingerprint density at radius 3 is 2.88 bits per heavy atom. The van der Waals surface area contributed by atoms with Crippen LogP contribution in [0.5, 0.6) is 0 Å². The van der Waals surface area contributed by atoms with Gasteiger partial charge in [-0.05, 0) is 23.7 Å². The van der Waals surface area contributed by atoms with Crippen molar-refractivity contribution in [1.82, 2.24) is 9.36 Å². The van der Waals surface area contributed by atoms with Crippen LogP contribution in [0, 0.1) is 0 Å². The minimum atomic E-state index is -0.530. The lowest BCUT2D eigenvalue weighted by atomic mass is 10.2. The number of nitrogens with zero attached hydrogens (tertiary/aromatic N) is 2. The predicted molar refractivity (Wildman–Crippen MR) is 63.4 cm³/mol. The van der Waals surface area contributed by atoms with Crippen LogP contribution in [-0.4, -0.2) is 15.3 Å². The number of anilines is 1. The first-order valence-corrected chi connectivity index (χ1v) is 5.90. The summed E-state index contributed by atoms with van der Waals surface area (Å²) in [5.41, 5.74) is 11.8. The highest BCUT2D eigenvalue weighted by atomic mass is 32.2. The first-order chi connectivity index (χ1) is 7.68. The van der Waals surface area contributed by atoms with Crippen LogP contribution in [0.25, 0.3) is 0 Å². The number of amides is 1. The quantitative estimate of drug-likeness (QED) is 0.804. The molecule has 0 spiro atoms. The van der Waals surface area contributed by atoms with Gasteiger partial charge in [0.1, 0.15) is 6.33 Å². The summed E-state index contributed by atoms with van der Waals surface area (Å²) in [5.74, 6) is -0.530. The van der Waals surface area contributed by atoms with Crippen LogP contribution in [0.2, 0.25) is 0 Å². The van der Waals surface area contributed by atoms with Crippen molar-refractivity contribution in [2.75, 3.05) is 5.73 Å². The Balaban J connectivity index is 2.35. The fourth-order valence-electron chi connectivity index (χ4n) is 1.15. The van der Waals surface area contributed by atoms with Gasteiger partial charge in [-0.2, -0.15) is 4.37 Å². The van der Waals surface area contributed by atoms with E-state index >= 15 is 0 Å². The Labute approximate surface area is 100 Å². The number of hydrogen-bond acceptors (Lipinski definition) is 6. The lowest BCUT2D eigenvalue weighted by molar-refractivity contribution is 0.100. The molecule has 82 valence electrons. The summed E-state index contributed by atoms with van der Waals surface area (Å²) >= 11 is 2.64. The molecule has 2 rings (SSSR count). The van der Waals surface area contributed by atoms with Crippen molar-refractivity contribution in [2.45, 2.75) is 9.24 Å². The maximum atomic E-state index is 11.1. The van der Waals surface area contributed by atoms with Crippen LogP contribution < -0.4 is 11.5 Å². The van der Waals surface area contributed by atoms with Gasteiger partial charge in [0.2, 0.25) is 0 Å². The average Bonchev–Trinajstić information content (AvgIpc) is 2.73. The van der Waals surface area contributed by atoms with Gasteiger partial charge in [-0.1, -0.05) is 17.8 Å². The molecule has 1 aromatic carbocycles. The van der Waals surface area contributed by atoms with Gasteiger partial charge in [0.05, 0.1) is 11.3 Å². The van der Waals surface area contributed by atoms with Gasteiger partial charge in [0.15, 0.2) is 4.34 Å². The Bertz CT molecular complexity index is 512. The molecule has 5 nitrogen and oxygen atoms in total. The largest absolute Gasteiger partial charge is 0.397 e. The van der Waals surface area contributed by atoms with E-state index < -0.39 is 5.91 Å². The van der Waals surface area contributed by atoms with Crippen molar-refractivity contribution in [3.05, 3.63) is 30.1 Å². The second-order valence-corrected chi connectivity index (χ2v) is 4.96. The van der Waals surface area contributed by atoms with E-state index in [9.17, 15) is 4.79 Å². The fourth-order valence-corrected chi connectivity index (χ4v) is 2.63. The van der Waals surface area contributed by atoms with Crippen LogP contribution >= 0.6 is 23.3 Å². The Morgan fingerprint density at radius 2 is 2.25 bits per heavy atom. The first kappa shape index (κ1) is 10.9. The molecule has 0 fully saturated rings. The van der Waals surface area contributed by atoms with Gasteiger partial charge in [-0.25, -0.2) is 4.98 Å². The molecule has 0 aliphatic heterocycles. The molecule has 1 heterocycles. The van der Waals surface area contributed by atoms with E-state index in [4.69, 9.17) is 11.5 Å². The highest BCUT2D eigenvalue weighted by molar-refractivity contribution is 8.01. The normalized spacial score (nSPS) is 10.2. The number of carbonyl (C=O) groups is 1. The monoisotopic (exact) mass is 252 g/mol. The number of benzene rings is 1. The summed E-state index contributed by atoms with van der Waals surface area (Å²) < 4.78 is 4.65. The van der Waals surface area contributed by atoms with E-state index in [0.29, 0.717) is 11.3 Å². The van der Waals surface area contributed by atoms with Crippen LogP contribution in [0.15, 0.2) is 33.8 Å². The minimum absolute atomic E-state index is 0.328. The summed E-state index contributed by atoms with van der Waals surface area (Å²) in [6.07, 6.45) is 1.47. The predicted octanol–water partition coefficient (Wildman–Crippen LogP) is 1.37. The number of hydrogen-bond donors (Lipinski definition) is 2. The number of primary amides is 1. The van der Waals surface area contributed by atoms with E-state index in [1.54, 1.807) is 12.1 Å². The summed E-state index contributed by atoms with van der Waals surface area (Å²) in [7, 11) is 0. The van der Waals surface area contributed by atoms with Crippen LogP contribution in [0.3, 0.4) is 0 Å². The number of carbonyl (C=O) groups excluding carboxylic acids is 1. The molecular formula is C9H8N4OS2. The van der Waals surface area contributed by atoms with Crippen molar-refractivity contribution < 1.29 is 4.79 Å². The molecule has 0 aliphatic carbocycles. The molecule has 0 saturated carbocycles. The van der Waals surface area contributed by atoms with Crippen LogP contribution in [0.4, 0.5) is 5.69 Å². The third-order valence-electron chi connectivity index (χ3n) is 1.87. The zero-order chi connectivity index (χ0) is 11.5. The Morgan fingerprint density at radius 1 is 1.44 bits per heavy atom. The highest BCUT2D eigenvalue weighted by Crippen LogP contribution is 2.33. The SMILES string of the molecule is NC(=O)c1cccc(Sc2ncns2)c1N. The van der Waals surface area contributed by atoms with Crippen molar-refractivity contribution in [2.24, 2.45) is 5.73 Å². The average molecular weight is 252 g/mol. The van der Waals surface area contributed by atoms with Gasteiger partial charge in [0, 0.05) is 4.90 Å². The van der Waals surface area contributed by atoms with E-state index in [1.807, 2.05) is 6.07 Å². The topological polar surface area (TPSA) is 94.9 Å². The lowest BCUT2D eigenvalue weighted by Crippen LogP contribution is -2.13. The number of nitrogen functional groups attached to an aromatic ring is 1. The summed E-state index contributed by atoms with van der Waals surface area (Å²) in [5, 5.41) is 0. The highest BCUT2D eigenvalue weighted by Gasteiger charge is 2.11. The summed E-state index contributed by atoms with van der Waals surface area (Å²) in [6, 6.07) is 5.15. The molecule has 2 aromatic rings. The fraction of sp³-hybridized carbons (Fsp3) is 0. The van der Waals surface area contributed by atoms with Crippen molar-refractivity contribution in [3.63, 3.8) is 0 Å². The molecule has 0 saturated heterocycles.